The maximum absolute atomic E-state index is 14.6. The molecule has 21 nitrogen and oxygen atoms in total. The van der Waals surface area contributed by atoms with Gasteiger partial charge in [0, 0.05) is 43.8 Å². The molecule has 4 amide bonds. The molecule has 12 rings (SSSR count). The number of carboxylic acid groups (broad SMARTS) is 1. The molecule has 0 spiro atoms. The van der Waals surface area contributed by atoms with Gasteiger partial charge >= 0.3 is 5.97 Å². The lowest BCUT2D eigenvalue weighted by molar-refractivity contribution is -0.119. The number of rotatable bonds is 26. The number of halogens is 1. The van der Waals surface area contributed by atoms with E-state index in [1.807, 2.05) is 45.0 Å². The van der Waals surface area contributed by atoms with Gasteiger partial charge in [-0.15, -0.1) is 0 Å². The predicted octanol–water partition coefficient (Wildman–Crippen LogP) is 16.4. The number of aromatic carboxylic acids is 1. The van der Waals surface area contributed by atoms with Gasteiger partial charge in [0.25, 0.3) is 5.91 Å². The van der Waals surface area contributed by atoms with Gasteiger partial charge < -0.3 is 24.9 Å². The number of carbonyl (C=O) groups excluding carboxylic acids is 4. The number of phenols is 1. The Morgan fingerprint density at radius 1 is 0.386 bits per heavy atom. The first-order chi connectivity index (χ1) is 54.5. The number of amides is 4. The van der Waals surface area contributed by atoms with Gasteiger partial charge in [0.05, 0.1) is 59.5 Å². The lowest BCUT2D eigenvalue weighted by Gasteiger charge is -2.26. The highest BCUT2D eigenvalue weighted by molar-refractivity contribution is 7.89. The van der Waals surface area contributed by atoms with Crippen LogP contribution >= 0.6 is 0 Å². The second kappa shape index (κ2) is 39.7. The van der Waals surface area contributed by atoms with Gasteiger partial charge in [0.1, 0.15) is 11.6 Å². The molecule has 3 saturated carbocycles. The molecule has 4 N–H and O–H groups in total. The molecular formula is C89H102FN7O14S3. The molecule has 0 radical (unpaired) electrons. The Morgan fingerprint density at radius 3 is 0.947 bits per heavy atom. The zero-order chi connectivity index (χ0) is 81.9. The number of sulfonamides is 3. The topological polar surface area (TPSA) is 280 Å². The highest BCUT2D eigenvalue weighted by Crippen LogP contribution is 2.37. The van der Waals surface area contributed by atoms with E-state index in [1.165, 1.54) is 186 Å². The molecule has 0 atom stereocenters. The number of carboxylic acids is 1. The fourth-order valence-corrected chi connectivity index (χ4v) is 18.0. The first kappa shape index (κ1) is 86.2. The number of hydrogen-bond acceptors (Lipinski definition) is 13. The lowest BCUT2D eigenvalue weighted by Crippen LogP contribution is -2.41. The van der Waals surface area contributed by atoms with Crippen LogP contribution < -0.4 is 20.2 Å². The fraction of sp³-hybridized carbons (Fsp3) is 0.337. The van der Waals surface area contributed by atoms with E-state index in [9.17, 15) is 63.8 Å². The van der Waals surface area contributed by atoms with E-state index < -0.39 is 71.7 Å². The Kier molecular flexibility index (Phi) is 30.0. The number of hydroxylamine groups is 1. The third-order valence-electron chi connectivity index (χ3n) is 21.6. The minimum absolute atomic E-state index is 0.0603. The lowest BCUT2D eigenvalue weighted by atomic mass is 9.84. The van der Waals surface area contributed by atoms with E-state index >= 15 is 0 Å². The van der Waals surface area contributed by atoms with Crippen LogP contribution in [0.1, 0.15) is 185 Å². The van der Waals surface area contributed by atoms with Crippen LogP contribution in [0.5, 0.6) is 5.75 Å². The van der Waals surface area contributed by atoms with Crippen molar-refractivity contribution >= 4 is 76.7 Å². The Labute approximate surface area is 669 Å². The van der Waals surface area contributed by atoms with Crippen molar-refractivity contribution in [3.05, 3.63) is 279 Å². The Bertz CT molecular complexity index is 5100. The Balaban J connectivity index is 0.000000181. The summed E-state index contributed by atoms with van der Waals surface area (Å²) in [5.74, 6) is -2.62. The number of nitrogens with zero attached hydrogens (tertiary/aromatic N) is 6. The third-order valence-corrected chi connectivity index (χ3v) is 27.0. The SMILES string of the molecule is Cc1ccc(S(=O)(=O)N(C)CC(=O)N(Cc2ccc(C3CCCCC3)cc2)c2ccc(C(=O)NO)cc2)cc1.Cc1ccc(S(=O)(=O)N(C)CC(=O)N(Cc2ccc(C3CCCCC3)cc2)c2ccc(C(=O)O)c(F)c2)cc1.Cc1ccc(S(=O)(=O)N(C)CC(=O)N(Cc2ccc(C3CCCCC3)cc2)c2ccc(O)cc2)cc1. The number of hydrogen-bond donors (Lipinski definition) is 4. The van der Waals surface area contributed by atoms with Crippen molar-refractivity contribution < 1.29 is 69.0 Å². The summed E-state index contributed by atoms with van der Waals surface area (Å²) < 4.78 is 96.2. The number of likely N-dealkylation sites (N-methyl/N-ethyl adjacent to an activating group) is 3. The number of nitrogens with one attached hydrogen (secondary N) is 1. The number of benzene rings is 9. The summed E-state index contributed by atoms with van der Waals surface area (Å²) in [5, 5.41) is 27.9. The molecule has 25 heteroatoms. The van der Waals surface area contributed by atoms with E-state index in [0.29, 0.717) is 35.7 Å². The van der Waals surface area contributed by atoms with Crippen LogP contribution in [0.3, 0.4) is 0 Å². The first-order valence-electron chi connectivity index (χ1n) is 38.6. The highest BCUT2D eigenvalue weighted by atomic mass is 32.2. The molecule has 0 heterocycles. The molecule has 3 aliphatic rings. The third kappa shape index (κ3) is 22.8. The van der Waals surface area contributed by atoms with Crippen LogP contribution in [0, 0.1) is 26.6 Å². The maximum Gasteiger partial charge on any atom is 0.338 e. The number of aryl methyl sites for hydroxylation is 3. The van der Waals surface area contributed by atoms with Gasteiger partial charge in [0.15, 0.2) is 0 Å². The van der Waals surface area contributed by atoms with Crippen molar-refractivity contribution in [2.24, 2.45) is 0 Å². The van der Waals surface area contributed by atoms with Crippen LogP contribution in [-0.2, 0) is 64.1 Å². The summed E-state index contributed by atoms with van der Waals surface area (Å²) in [5.41, 5.74) is 11.9. The minimum Gasteiger partial charge on any atom is -0.508 e. The zero-order valence-electron chi connectivity index (χ0n) is 65.4. The zero-order valence-corrected chi connectivity index (χ0v) is 67.9. The van der Waals surface area contributed by atoms with Crippen molar-refractivity contribution in [1.82, 2.24) is 18.4 Å². The Hall–Kier alpha value is -10.3. The average Bonchev–Trinajstić information content (AvgIpc) is 0.815. The molecule has 0 aliphatic heterocycles. The number of anilines is 3. The summed E-state index contributed by atoms with van der Waals surface area (Å²) in [6, 6.07) is 60.1. The van der Waals surface area contributed by atoms with E-state index in [4.69, 9.17) is 5.21 Å². The molecule has 9 aromatic rings. The van der Waals surface area contributed by atoms with E-state index in [-0.39, 0.29) is 63.8 Å². The van der Waals surface area contributed by atoms with Crippen molar-refractivity contribution in [3.8, 4) is 5.75 Å². The van der Waals surface area contributed by atoms with Gasteiger partial charge in [-0.05, 0) is 214 Å². The number of aromatic hydroxyl groups is 1. The van der Waals surface area contributed by atoms with Crippen molar-refractivity contribution in [1.29, 1.82) is 0 Å². The number of phenolic OH excluding ortho intramolecular Hbond substituents is 1. The van der Waals surface area contributed by atoms with Crippen LogP contribution in [0.4, 0.5) is 21.5 Å². The summed E-state index contributed by atoms with van der Waals surface area (Å²) in [7, 11) is -7.52. The second-order valence-electron chi connectivity index (χ2n) is 29.9. The van der Waals surface area contributed by atoms with Crippen molar-refractivity contribution in [3.63, 3.8) is 0 Å². The highest BCUT2D eigenvalue weighted by Gasteiger charge is 2.31. The van der Waals surface area contributed by atoms with E-state index in [1.54, 1.807) is 83.2 Å². The standard InChI is InChI=1S/C30H33FN2O5S.C30H35N3O5S.C29H34N2O4S/c1-21-8-15-26(16-9-21)39(37,38)32(2)20-29(34)33(25-14-17-27(30(35)36)28(31)18-25)19-22-10-12-24(13-11-22)23-6-4-3-5-7-23;1-22-8-18-28(19-9-22)39(37,38)32(2)21-29(34)33(27-16-14-26(15-17-27)30(35)31-36)20-23-10-12-25(13-11-23)24-6-4-3-5-7-24;1-22-8-18-28(19-9-22)36(34,35)30(2)21-29(33)31(26-14-16-27(32)17-15-26)20-23-10-12-25(13-11-23)24-6-4-3-5-7-24/h8-18,23H,3-7,19-20H2,1-2H3,(H,35,36);8-19,24,36H,3-7,20-21H2,1-2H3,(H,31,35);8-19,24,32H,3-7,20-21H2,1-2H3. The molecule has 3 aliphatic carbocycles. The van der Waals surface area contributed by atoms with E-state index in [0.717, 1.165) is 71.3 Å². The molecular weight excluding hydrogens is 1510 g/mol. The van der Waals surface area contributed by atoms with Gasteiger partial charge in [-0.25, -0.2) is 39.9 Å². The monoisotopic (exact) mass is 1610 g/mol. The summed E-state index contributed by atoms with van der Waals surface area (Å²) in [4.78, 5) is 68.3. The van der Waals surface area contributed by atoms with Gasteiger partial charge in [-0.2, -0.15) is 12.9 Å². The van der Waals surface area contributed by atoms with E-state index in [2.05, 4.69) is 48.5 Å². The normalized spacial score (nSPS) is 14.4. The van der Waals surface area contributed by atoms with Gasteiger partial charge in [-0.1, -0.05) is 184 Å². The minimum atomic E-state index is -3.95. The smallest absolute Gasteiger partial charge is 0.338 e. The molecule has 114 heavy (non-hydrogen) atoms. The first-order valence-corrected chi connectivity index (χ1v) is 42.9. The number of carbonyl (C=O) groups is 5. The molecule has 0 unspecified atom stereocenters. The molecule has 3 fully saturated rings. The van der Waals surface area contributed by atoms with Crippen LogP contribution in [0.15, 0.2) is 227 Å². The fourth-order valence-electron chi connectivity index (χ4n) is 14.6. The van der Waals surface area contributed by atoms with Crippen molar-refractivity contribution in [2.45, 2.75) is 169 Å². The van der Waals surface area contributed by atoms with Crippen LogP contribution in [0.2, 0.25) is 0 Å². The van der Waals surface area contributed by atoms with Gasteiger partial charge in [0.2, 0.25) is 47.8 Å². The molecule has 0 saturated heterocycles. The van der Waals surface area contributed by atoms with Crippen LogP contribution in [-0.4, -0.2) is 124 Å². The quantitative estimate of drug-likeness (QED) is 0.0290. The summed E-state index contributed by atoms with van der Waals surface area (Å²) in [6.45, 7) is 5.04. The molecule has 602 valence electrons. The van der Waals surface area contributed by atoms with Crippen LogP contribution in [0.25, 0.3) is 0 Å². The molecule has 0 aromatic heterocycles. The second-order valence-corrected chi connectivity index (χ2v) is 36.0. The summed E-state index contributed by atoms with van der Waals surface area (Å²) in [6.07, 6.45) is 18.5. The predicted molar refractivity (Wildman–Crippen MR) is 441 cm³/mol. The molecule has 0 bridgehead atoms. The average molecular weight is 1610 g/mol. The van der Waals surface area contributed by atoms with Crippen molar-refractivity contribution in [2.75, 3.05) is 55.5 Å². The Morgan fingerprint density at radius 2 is 0.667 bits per heavy atom. The maximum atomic E-state index is 14.6. The summed E-state index contributed by atoms with van der Waals surface area (Å²) >= 11 is 0. The molecule has 9 aromatic carbocycles. The largest absolute Gasteiger partial charge is 0.508 e. The van der Waals surface area contributed by atoms with Gasteiger partial charge in [-0.3, -0.25) is 24.4 Å².